The summed E-state index contributed by atoms with van der Waals surface area (Å²) >= 11 is 7.59. The van der Waals surface area contributed by atoms with E-state index in [-0.39, 0.29) is 0 Å². The van der Waals surface area contributed by atoms with Crippen molar-refractivity contribution < 1.29 is 0 Å². The van der Waals surface area contributed by atoms with Gasteiger partial charge in [0, 0.05) is 36.3 Å². The Morgan fingerprint density at radius 2 is 2.00 bits per heavy atom. The summed E-state index contributed by atoms with van der Waals surface area (Å²) in [5.41, 5.74) is 4.02. The number of imidazole rings is 1. The summed E-state index contributed by atoms with van der Waals surface area (Å²) in [4.78, 5) is 13.8. The highest BCUT2D eigenvalue weighted by molar-refractivity contribution is 7.09. The third kappa shape index (κ3) is 3.09. The first-order chi connectivity index (χ1) is 10.2. The Balaban J connectivity index is 1.94. The molecule has 110 valence electrons. The number of aryl methyl sites for hydroxylation is 5. The average Bonchev–Trinajstić information content (AvgIpc) is 3.01. The topological polar surface area (TPSA) is 43.6 Å². The molecule has 0 aliphatic rings. The van der Waals surface area contributed by atoms with Gasteiger partial charge in [-0.3, -0.25) is 0 Å². The Bertz CT molecular complexity index is 762. The quantitative estimate of drug-likeness (QED) is 0.675. The zero-order chi connectivity index (χ0) is 14.8. The van der Waals surface area contributed by atoms with E-state index in [4.69, 9.17) is 11.6 Å². The van der Waals surface area contributed by atoms with E-state index in [0.717, 1.165) is 52.8 Å². The third-order valence-electron chi connectivity index (χ3n) is 3.39. The van der Waals surface area contributed by atoms with Crippen molar-refractivity contribution in [2.75, 3.05) is 5.88 Å². The van der Waals surface area contributed by atoms with Crippen LogP contribution in [-0.2, 0) is 19.4 Å². The normalized spacial score (nSPS) is 11.4. The van der Waals surface area contributed by atoms with Crippen LogP contribution in [0.2, 0.25) is 0 Å². The van der Waals surface area contributed by atoms with Crippen molar-refractivity contribution in [2.45, 2.75) is 33.2 Å². The Morgan fingerprint density at radius 1 is 1.14 bits per heavy atom. The predicted octanol–water partition coefficient (Wildman–Crippen LogP) is 3.53. The number of hydrogen-bond donors (Lipinski definition) is 0. The third-order valence-corrected chi connectivity index (χ3v) is 4.40. The fourth-order valence-corrected chi connectivity index (χ4v) is 3.22. The SMILES string of the molecule is Cc1ccc2nc(CCCl)n(CCc3csc(C)n3)c2n1. The van der Waals surface area contributed by atoms with Crippen molar-refractivity contribution in [3.63, 3.8) is 0 Å². The second kappa shape index (κ2) is 6.12. The van der Waals surface area contributed by atoms with E-state index in [0.29, 0.717) is 5.88 Å². The molecule has 0 fully saturated rings. The highest BCUT2D eigenvalue weighted by Crippen LogP contribution is 2.17. The smallest absolute Gasteiger partial charge is 0.160 e. The van der Waals surface area contributed by atoms with Gasteiger partial charge in [-0.15, -0.1) is 22.9 Å². The number of halogens is 1. The summed E-state index contributed by atoms with van der Waals surface area (Å²) in [5, 5.41) is 3.23. The summed E-state index contributed by atoms with van der Waals surface area (Å²) in [6, 6.07) is 4.02. The van der Waals surface area contributed by atoms with Crippen LogP contribution >= 0.6 is 22.9 Å². The lowest BCUT2D eigenvalue weighted by Gasteiger charge is -2.07. The van der Waals surface area contributed by atoms with Crippen LogP contribution in [0.3, 0.4) is 0 Å². The first-order valence-electron chi connectivity index (χ1n) is 6.97. The second-order valence-corrected chi connectivity index (χ2v) is 6.46. The molecule has 0 unspecified atom stereocenters. The highest BCUT2D eigenvalue weighted by atomic mass is 35.5. The van der Waals surface area contributed by atoms with Gasteiger partial charge in [0.05, 0.1) is 10.7 Å². The Hall–Kier alpha value is -1.46. The molecule has 6 heteroatoms. The molecule has 0 aliphatic heterocycles. The van der Waals surface area contributed by atoms with Gasteiger partial charge in [-0.1, -0.05) is 0 Å². The van der Waals surface area contributed by atoms with E-state index in [9.17, 15) is 0 Å². The van der Waals surface area contributed by atoms with Gasteiger partial charge >= 0.3 is 0 Å². The minimum Gasteiger partial charge on any atom is -0.312 e. The van der Waals surface area contributed by atoms with Crippen LogP contribution < -0.4 is 0 Å². The molecule has 0 radical (unpaired) electrons. The van der Waals surface area contributed by atoms with E-state index in [2.05, 4.69) is 24.9 Å². The molecule has 3 rings (SSSR count). The number of hydrogen-bond acceptors (Lipinski definition) is 4. The van der Waals surface area contributed by atoms with E-state index < -0.39 is 0 Å². The van der Waals surface area contributed by atoms with Crippen LogP contribution in [0.1, 0.15) is 22.2 Å². The average molecular weight is 321 g/mol. The molecule has 0 atom stereocenters. The lowest BCUT2D eigenvalue weighted by Crippen LogP contribution is -2.08. The van der Waals surface area contributed by atoms with Crippen molar-refractivity contribution in [1.82, 2.24) is 19.5 Å². The fourth-order valence-electron chi connectivity index (χ4n) is 2.40. The number of aromatic nitrogens is 4. The van der Waals surface area contributed by atoms with E-state index in [1.165, 1.54) is 0 Å². The van der Waals surface area contributed by atoms with Gasteiger partial charge in [-0.05, 0) is 26.0 Å². The Kier molecular flexibility index (Phi) is 4.22. The molecular weight excluding hydrogens is 304 g/mol. The lowest BCUT2D eigenvalue weighted by molar-refractivity contribution is 0.662. The van der Waals surface area contributed by atoms with Crippen molar-refractivity contribution in [3.05, 3.63) is 39.7 Å². The number of thiazole rings is 1. The number of fused-ring (bicyclic) bond motifs is 1. The van der Waals surface area contributed by atoms with E-state index >= 15 is 0 Å². The van der Waals surface area contributed by atoms with Crippen LogP contribution in [0.5, 0.6) is 0 Å². The van der Waals surface area contributed by atoms with Crippen LogP contribution in [-0.4, -0.2) is 25.4 Å². The minimum atomic E-state index is 0.568. The molecule has 0 aromatic carbocycles. The maximum Gasteiger partial charge on any atom is 0.160 e. The molecule has 0 saturated heterocycles. The standard InChI is InChI=1S/C15H17ClN4S/c1-10-3-4-13-15(17-10)20(14(19-13)5-7-16)8-6-12-9-21-11(2)18-12/h3-4,9H,5-8H2,1-2H3. The van der Waals surface area contributed by atoms with Gasteiger partial charge in [0.2, 0.25) is 0 Å². The molecule has 21 heavy (non-hydrogen) atoms. The maximum atomic E-state index is 5.90. The molecule has 0 spiro atoms. The number of alkyl halides is 1. The molecule has 0 amide bonds. The molecule has 0 saturated carbocycles. The number of nitrogens with zero attached hydrogens (tertiary/aromatic N) is 4. The summed E-state index contributed by atoms with van der Waals surface area (Å²) in [6.45, 7) is 4.87. The van der Waals surface area contributed by atoms with Gasteiger partial charge in [-0.25, -0.2) is 15.0 Å². The largest absolute Gasteiger partial charge is 0.312 e. The lowest BCUT2D eigenvalue weighted by atomic mass is 10.3. The summed E-state index contributed by atoms with van der Waals surface area (Å²) in [6.07, 6.45) is 1.65. The van der Waals surface area contributed by atoms with Gasteiger partial charge in [-0.2, -0.15) is 0 Å². The Labute approximate surface area is 132 Å². The molecule has 3 aromatic heterocycles. The van der Waals surface area contributed by atoms with Crippen molar-refractivity contribution in [1.29, 1.82) is 0 Å². The zero-order valence-electron chi connectivity index (χ0n) is 12.1. The zero-order valence-corrected chi connectivity index (χ0v) is 13.7. The first kappa shape index (κ1) is 14.5. The van der Waals surface area contributed by atoms with Crippen LogP contribution in [0.4, 0.5) is 0 Å². The first-order valence-corrected chi connectivity index (χ1v) is 8.38. The summed E-state index contributed by atoms with van der Waals surface area (Å²) < 4.78 is 2.18. The predicted molar refractivity (Wildman–Crippen MR) is 87.2 cm³/mol. The maximum absolute atomic E-state index is 5.90. The molecule has 0 aliphatic carbocycles. The van der Waals surface area contributed by atoms with Gasteiger partial charge < -0.3 is 4.57 Å². The van der Waals surface area contributed by atoms with Crippen molar-refractivity contribution in [2.24, 2.45) is 0 Å². The minimum absolute atomic E-state index is 0.568. The highest BCUT2D eigenvalue weighted by Gasteiger charge is 2.12. The molecule has 4 nitrogen and oxygen atoms in total. The number of pyridine rings is 1. The molecule has 3 aromatic rings. The van der Waals surface area contributed by atoms with Gasteiger partial charge in [0.1, 0.15) is 11.3 Å². The summed E-state index contributed by atoms with van der Waals surface area (Å²) in [5.74, 6) is 1.57. The molecule has 3 heterocycles. The molecule has 0 N–H and O–H groups in total. The summed E-state index contributed by atoms with van der Waals surface area (Å²) in [7, 11) is 0. The number of rotatable bonds is 5. The van der Waals surface area contributed by atoms with Crippen LogP contribution in [0, 0.1) is 13.8 Å². The van der Waals surface area contributed by atoms with Crippen LogP contribution in [0.15, 0.2) is 17.5 Å². The molecule has 0 bridgehead atoms. The van der Waals surface area contributed by atoms with Crippen molar-refractivity contribution in [3.8, 4) is 0 Å². The fraction of sp³-hybridized carbons (Fsp3) is 0.400. The monoisotopic (exact) mass is 320 g/mol. The van der Waals surface area contributed by atoms with E-state index in [1.807, 2.05) is 26.0 Å². The molecular formula is C15H17ClN4S. The van der Waals surface area contributed by atoms with Gasteiger partial charge in [0.15, 0.2) is 5.65 Å². The van der Waals surface area contributed by atoms with E-state index in [1.54, 1.807) is 11.3 Å². The second-order valence-electron chi connectivity index (χ2n) is 5.02. The van der Waals surface area contributed by atoms with Crippen molar-refractivity contribution >= 4 is 34.1 Å². The van der Waals surface area contributed by atoms with Crippen LogP contribution in [0.25, 0.3) is 11.2 Å². The van der Waals surface area contributed by atoms with Gasteiger partial charge in [0.25, 0.3) is 0 Å². The Morgan fingerprint density at radius 3 is 2.71 bits per heavy atom.